The van der Waals surface area contributed by atoms with Gasteiger partial charge in [0.1, 0.15) is 29.0 Å². The first-order chi connectivity index (χ1) is 61.7. The predicted octanol–water partition coefficient (Wildman–Crippen LogP) is 20.5. The Balaban J connectivity index is 0.000000137. The van der Waals surface area contributed by atoms with Crippen LogP contribution in [-0.2, 0) is 52.1 Å². The number of anilines is 8. The molecule has 0 fully saturated rings. The Morgan fingerprint density at radius 2 is 0.953 bits per heavy atom. The SMILES string of the molecule is Cc1cccc(-c2cc(CCCc3cnc[nH]3)nc(N)n2)c1C.Cc1cccc(-c2cc(CCc3ccnc(C(F)F)c3)nc(N)n2)c1C.Cc1cccc(-c2cc(NCCCC3=Nc4ccccc4C3)nc(N)n2)c1C.Cc1cccc(-c2cc(NCc3nc4ccccc4n3C)nc(N)n2)c1C.Cc1ncsc1CCNc1cc(-c2cccc(Cl)c2C)nc(N)n1. The Morgan fingerprint density at radius 3 is 1.47 bits per heavy atom. The van der Waals surface area contributed by atoms with Crippen molar-refractivity contribution in [1.82, 2.24) is 79.3 Å². The molecule has 0 atom stereocenters. The van der Waals surface area contributed by atoms with Gasteiger partial charge in [0.15, 0.2) is 0 Å². The largest absolute Gasteiger partial charge is 0.370 e. The fourth-order valence-electron chi connectivity index (χ4n) is 14.8. The highest BCUT2D eigenvalue weighted by molar-refractivity contribution is 7.09. The van der Waals surface area contributed by atoms with E-state index in [1.807, 2.05) is 156 Å². The number of aliphatic imine (C=N–C) groups is 1. The molecule has 0 aliphatic carbocycles. The molecule has 128 heavy (non-hydrogen) atoms. The fourth-order valence-corrected chi connectivity index (χ4v) is 15.8. The van der Waals surface area contributed by atoms with E-state index in [4.69, 9.17) is 45.3 Å². The molecule has 25 nitrogen and oxygen atoms in total. The van der Waals surface area contributed by atoms with Crippen LogP contribution in [0.4, 0.5) is 61.7 Å². The predicted molar refractivity (Wildman–Crippen MR) is 516 cm³/mol. The molecule has 0 spiro atoms. The Hall–Kier alpha value is -14.4. The van der Waals surface area contributed by atoms with Crippen molar-refractivity contribution < 1.29 is 8.78 Å². The van der Waals surface area contributed by atoms with E-state index in [1.165, 1.54) is 67.4 Å². The van der Waals surface area contributed by atoms with Gasteiger partial charge >= 0.3 is 0 Å². The lowest BCUT2D eigenvalue weighted by atomic mass is 10.00. The van der Waals surface area contributed by atoms with Crippen LogP contribution in [0.3, 0.4) is 0 Å². The summed E-state index contributed by atoms with van der Waals surface area (Å²) < 4.78 is 27.6. The first kappa shape index (κ1) is 91.3. The quantitative estimate of drug-likeness (QED) is 0.0240. The lowest BCUT2D eigenvalue weighted by Gasteiger charge is -2.11. The number of rotatable bonds is 25. The number of nitrogens with one attached hydrogen (secondary N) is 4. The van der Waals surface area contributed by atoms with Crippen molar-refractivity contribution in [1.29, 1.82) is 0 Å². The number of benzene rings is 7. The minimum Gasteiger partial charge on any atom is -0.370 e. The summed E-state index contributed by atoms with van der Waals surface area (Å²) in [5, 5.41) is 10.7. The molecule has 1 aliphatic heterocycles. The van der Waals surface area contributed by atoms with Gasteiger partial charge in [-0.15, -0.1) is 11.3 Å². The molecule has 10 heterocycles. The highest BCUT2D eigenvalue weighted by Gasteiger charge is 2.19. The molecule has 654 valence electrons. The standard InChI is InChI=1S/C23H25N5.C21H22N6.C20H20F2N4.C18H21N5.C17H18ClN5S/c1-15-7-5-10-19(16(15)2)21-14-22(28-23(24)27-21)25-12-6-9-18-13-17-8-3-4-11-20(17)26-18;1-13-7-6-8-15(14(13)2)17-11-19(26-21(22)25-17)23-12-20-24-16-9-4-5-10-18(16)27(20)3;1-12-4-3-5-16(13(12)2)17-11-15(25-20(23)26-17)7-6-14-8-9-24-18(10-14)19(21)22;1-12-5-3-8-16(13(12)2)17-9-14(22-18(19)23-17)6-4-7-15-10-20-11-21-15;1-10-12(4-3-5-13(10)18)14-8-16(23-17(19)22-14)20-7-6-15-11(2)21-9-24-15/h3-5,7-8,10-11,14H,6,9,12-13H2,1-2H3,(H3,24,25,27,28);4-11H,12H2,1-3H3,(H3,22,23,25,26);3-5,8-11,19H,6-7H2,1-2H3,(H2,23,25,26);3,5,8-11H,4,6-7H2,1-2H3,(H,20,21)(H2,19,22,23);3-5,8-9H,6-7H2,1-2H3,(H3,19,20,22,23). The van der Waals surface area contributed by atoms with E-state index >= 15 is 0 Å². The van der Waals surface area contributed by atoms with Crippen LogP contribution in [0.2, 0.25) is 5.02 Å². The highest BCUT2D eigenvalue weighted by atomic mass is 35.5. The van der Waals surface area contributed by atoms with Crippen molar-refractivity contribution in [3.63, 3.8) is 0 Å². The summed E-state index contributed by atoms with van der Waals surface area (Å²) in [7, 11) is 2.02. The number of aromatic amines is 1. The summed E-state index contributed by atoms with van der Waals surface area (Å²) in [6.07, 6.45) is 10.2. The smallest absolute Gasteiger partial charge is 0.280 e. The summed E-state index contributed by atoms with van der Waals surface area (Å²) in [5.74, 6) is 4.41. The van der Waals surface area contributed by atoms with Gasteiger partial charge in [-0.3, -0.25) is 9.98 Å². The van der Waals surface area contributed by atoms with Gasteiger partial charge in [-0.1, -0.05) is 127 Å². The molecule has 0 saturated heterocycles. The number of nitrogen functional groups attached to an aromatic ring is 5. The zero-order valence-corrected chi connectivity index (χ0v) is 75.3. The Morgan fingerprint density at radius 1 is 0.461 bits per heavy atom. The van der Waals surface area contributed by atoms with Crippen LogP contribution in [0.5, 0.6) is 0 Å². The second-order valence-electron chi connectivity index (χ2n) is 31.4. The maximum absolute atomic E-state index is 12.8. The lowest BCUT2D eigenvalue weighted by molar-refractivity contribution is 0.146. The third kappa shape index (κ3) is 24.2. The first-order valence-corrected chi connectivity index (χ1v) is 43.6. The molecular weight excluding hydrogens is 1640 g/mol. The summed E-state index contributed by atoms with van der Waals surface area (Å²) in [6.45, 7) is 22.8. The molecular formula is C99H106ClF2N25S. The van der Waals surface area contributed by atoms with Crippen molar-refractivity contribution in [3.05, 3.63) is 312 Å². The number of pyridine rings is 1. The third-order valence-electron chi connectivity index (χ3n) is 22.5. The molecule has 29 heteroatoms. The van der Waals surface area contributed by atoms with Gasteiger partial charge in [-0.25, -0.2) is 58.6 Å². The van der Waals surface area contributed by atoms with Crippen LogP contribution in [0.25, 0.3) is 67.3 Å². The number of para-hydroxylation sites is 3. The Labute approximate surface area is 753 Å². The van der Waals surface area contributed by atoms with Gasteiger partial charge in [0.2, 0.25) is 29.7 Å². The van der Waals surface area contributed by atoms with E-state index < -0.39 is 6.43 Å². The monoisotopic (exact) mass is 1750 g/mol. The number of aromatic nitrogens is 16. The van der Waals surface area contributed by atoms with E-state index in [0.29, 0.717) is 42.0 Å². The van der Waals surface area contributed by atoms with E-state index in [2.05, 4.69) is 197 Å². The van der Waals surface area contributed by atoms with Crippen LogP contribution in [-0.4, -0.2) is 98.1 Å². The maximum atomic E-state index is 12.8. The van der Waals surface area contributed by atoms with E-state index in [-0.39, 0.29) is 29.5 Å². The number of fused-ring (bicyclic) bond motifs is 2. The number of aryl methyl sites for hydroxylation is 10. The van der Waals surface area contributed by atoms with Crippen LogP contribution < -0.4 is 44.6 Å². The normalized spacial score (nSPS) is 11.3. The highest BCUT2D eigenvalue weighted by Crippen LogP contribution is 2.34. The van der Waals surface area contributed by atoms with E-state index in [1.54, 1.807) is 23.7 Å². The molecule has 0 radical (unpaired) electrons. The molecule has 0 amide bonds. The van der Waals surface area contributed by atoms with Gasteiger partial charge in [0, 0.05) is 124 Å². The molecule has 0 unspecified atom stereocenters. The van der Waals surface area contributed by atoms with Crippen LogP contribution in [0.15, 0.2) is 211 Å². The van der Waals surface area contributed by atoms with Crippen molar-refractivity contribution in [3.8, 4) is 56.3 Å². The third-order valence-corrected chi connectivity index (χ3v) is 23.9. The molecule has 9 aromatic heterocycles. The van der Waals surface area contributed by atoms with Gasteiger partial charge in [-0.2, -0.15) is 15.0 Å². The van der Waals surface area contributed by atoms with Crippen molar-refractivity contribution in [2.24, 2.45) is 12.0 Å². The number of thiazole rings is 1. The maximum Gasteiger partial charge on any atom is 0.280 e. The molecule has 16 aromatic rings. The zero-order valence-electron chi connectivity index (χ0n) is 73.8. The second kappa shape index (κ2) is 43.0. The summed E-state index contributed by atoms with van der Waals surface area (Å²) in [6, 6.07) is 59.8. The van der Waals surface area contributed by atoms with Gasteiger partial charge < -0.3 is 54.2 Å². The number of hydrogen-bond donors (Lipinski definition) is 9. The van der Waals surface area contributed by atoms with Crippen LogP contribution >= 0.6 is 22.9 Å². The van der Waals surface area contributed by atoms with Crippen molar-refractivity contribution >= 4 is 92.6 Å². The fraction of sp³-hybridized carbons (Fsp3) is 0.242. The summed E-state index contributed by atoms with van der Waals surface area (Å²) in [4.78, 5) is 69.3. The second-order valence-corrected chi connectivity index (χ2v) is 32.7. The van der Waals surface area contributed by atoms with Crippen molar-refractivity contribution in [2.75, 3.05) is 57.7 Å². The topological polar surface area (TPSA) is 380 Å². The number of hydrogen-bond acceptors (Lipinski definition) is 24. The minimum atomic E-state index is -2.57. The van der Waals surface area contributed by atoms with E-state index in [0.717, 1.165) is 182 Å². The zero-order chi connectivity index (χ0) is 90.5. The number of alkyl halides is 2. The molecule has 0 bridgehead atoms. The first-order valence-electron chi connectivity index (χ1n) is 42.3. The molecule has 0 saturated carbocycles. The van der Waals surface area contributed by atoms with Crippen LogP contribution in [0, 0.1) is 69.2 Å². The minimum absolute atomic E-state index is 0.208. The Kier molecular flexibility index (Phi) is 30.7. The number of nitrogens with zero attached hydrogens (tertiary/aromatic N) is 16. The van der Waals surface area contributed by atoms with Gasteiger partial charge in [0.25, 0.3) is 6.43 Å². The molecule has 1 aliphatic rings. The summed E-state index contributed by atoms with van der Waals surface area (Å²) in [5.41, 5.74) is 61.8. The number of nitrogens with two attached hydrogens (primary N) is 5. The van der Waals surface area contributed by atoms with Gasteiger partial charge in [0.05, 0.1) is 69.3 Å². The molecule has 17 rings (SSSR count). The number of H-pyrrole nitrogens is 1. The molecule has 7 aromatic carbocycles. The number of imidazole rings is 2. The van der Waals surface area contributed by atoms with Gasteiger partial charge in [-0.05, 0) is 224 Å². The lowest BCUT2D eigenvalue weighted by Crippen LogP contribution is -2.09. The average Bonchev–Trinajstić information content (AvgIpc) is 1.17. The Bertz CT molecular complexity index is 6570. The summed E-state index contributed by atoms with van der Waals surface area (Å²) >= 11 is 7.87. The molecule has 14 N–H and O–H groups in total. The van der Waals surface area contributed by atoms with Crippen LogP contribution in [0.1, 0.15) is 126 Å². The van der Waals surface area contributed by atoms with E-state index in [9.17, 15) is 8.78 Å². The number of halogens is 3. The average molecular weight is 1750 g/mol. The van der Waals surface area contributed by atoms with Crippen molar-refractivity contribution in [2.45, 2.75) is 140 Å².